The highest BCUT2D eigenvalue weighted by atomic mass is 32.2. The van der Waals surface area contributed by atoms with Crippen LogP contribution >= 0.6 is 0 Å². The van der Waals surface area contributed by atoms with Gasteiger partial charge in [-0.15, -0.1) is 0 Å². The molecule has 7 nitrogen and oxygen atoms in total. The second kappa shape index (κ2) is 8.23. The fourth-order valence-electron chi connectivity index (χ4n) is 3.92. The molecular formula is C21H26N2O5S. The van der Waals surface area contributed by atoms with Gasteiger partial charge in [0, 0.05) is 18.7 Å². The van der Waals surface area contributed by atoms with Gasteiger partial charge >= 0.3 is 0 Å². The second-order valence-electron chi connectivity index (χ2n) is 7.54. The van der Waals surface area contributed by atoms with E-state index in [1.165, 1.54) is 39.1 Å². The van der Waals surface area contributed by atoms with Crippen molar-refractivity contribution >= 4 is 15.9 Å². The van der Waals surface area contributed by atoms with Crippen LogP contribution in [0.4, 0.5) is 0 Å². The van der Waals surface area contributed by atoms with Crippen molar-refractivity contribution in [1.29, 1.82) is 0 Å². The third-order valence-electron chi connectivity index (χ3n) is 5.66. The summed E-state index contributed by atoms with van der Waals surface area (Å²) in [5, 5.41) is 19.5. The predicted octanol–water partition coefficient (Wildman–Crippen LogP) is 2.28. The molecule has 0 spiro atoms. The first-order valence-corrected chi connectivity index (χ1v) is 11.0. The van der Waals surface area contributed by atoms with Crippen molar-refractivity contribution in [2.45, 2.75) is 43.1 Å². The Balaban J connectivity index is 1.87. The third-order valence-corrected chi connectivity index (χ3v) is 7.61. The van der Waals surface area contributed by atoms with Gasteiger partial charge in [0.1, 0.15) is 0 Å². The van der Waals surface area contributed by atoms with Crippen LogP contribution in [0.3, 0.4) is 0 Å². The molecule has 0 aromatic heterocycles. The molecule has 1 fully saturated rings. The monoisotopic (exact) mass is 418 g/mol. The van der Waals surface area contributed by atoms with Gasteiger partial charge in [-0.2, -0.15) is 4.31 Å². The zero-order valence-corrected chi connectivity index (χ0v) is 17.3. The van der Waals surface area contributed by atoms with Gasteiger partial charge in [-0.1, -0.05) is 42.5 Å². The van der Waals surface area contributed by atoms with E-state index in [-0.39, 0.29) is 10.5 Å². The molecule has 156 valence electrons. The lowest BCUT2D eigenvalue weighted by atomic mass is 9.87. The summed E-state index contributed by atoms with van der Waals surface area (Å²) in [6.07, 6.45) is 1.39. The molecule has 0 saturated carbocycles. The molecule has 3 N–H and O–H groups in total. The summed E-state index contributed by atoms with van der Waals surface area (Å²) in [6, 6.07) is 14.0. The number of amides is 1. The smallest absolute Gasteiger partial charge is 0.279 e. The van der Waals surface area contributed by atoms with E-state index in [4.69, 9.17) is 5.21 Å². The Morgan fingerprint density at radius 1 is 1.10 bits per heavy atom. The fraction of sp³-hybridized carbons (Fsp3) is 0.381. The Bertz CT molecular complexity index is 996. The summed E-state index contributed by atoms with van der Waals surface area (Å²) < 4.78 is 28.0. The van der Waals surface area contributed by atoms with Crippen LogP contribution in [-0.2, 0) is 20.4 Å². The number of nitrogens with one attached hydrogen (secondary N) is 1. The van der Waals surface area contributed by atoms with Gasteiger partial charge in [0.25, 0.3) is 5.91 Å². The number of hydrogen-bond acceptors (Lipinski definition) is 5. The van der Waals surface area contributed by atoms with Gasteiger partial charge in [0.05, 0.1) is 4.90 Å². The van der Waals surface area contributed by atoms with Gasteiger partial charge < -0.3 is 5.11 Å². The highest BCUT2D eigenvalue weighted by Gasteiger charge is 2.39. The van der Waals surface area contributed by atoms with E-state index in [9.17, 15) is 18.3 Å². The van der Waals surface area contributed by atoms with Crippen LogP contribution in [0.25, 0.3) is 0 Å². The Labute approximate surface area is 171 Å². The molecule has 2 aromatic carbocycles. The van der Waals surface area contributed by atoms with Crippen molar-refractivity contribution in [2.75, 3.05) is 13.1 Å². The summed E-state index contributed by atoms with van der Waals surface area (Å²) >= 11 is 0. The number of hydrogen-bond donors (Lipinski definition) is 3. The number of sulfonamides is 1. The normalized spacial score (nSPS) is 18.2. The zero-order valence-electron chi connectivity index (χ0n) is 16.5. The summed E-state index contributed by atoms with van der Waals surface area (Å²) in [6.45, 7) is 3.91. The lowest BCUT2D eigenvalue weighted by molar-refractivity contribution is -0.148. The van der Waals surface area contributed by atoms with E-state index in [0.717, 1.165) is 6.92 Å². The number of aryl methyl sites for hydroxylation is 1. The van der Waals surface area contributed by atoms with E-state index in [1.807, 2.05) is 12.1 Å². The lowest BCUT2D eigenvalue weighted by Crippen LogP contribution is -2.43. The first-order chi connectivity index (χ1) is 13.7. The average molecular weight is 419 g/mol. The van der Waals surface area contributed by atoms with Crippen molar-refractivity contribution in [1.82, 2.24) is 9.79 Å². The molecule has 0 aliphatic carbocycles. The van der Waals surface area contributed by atoms with Crippen LogP contribution in [-0.4, -0.2) is 42.0 Å². The van der Waals surface area contributed by atoms with Crippen LogP contribution in [0.2, 0.25) is 0 Å². The summed E-state index contributed by atoms with van der Waals surface area (Å²) in [5.74, 6) is -0.806. The highest BCUT2D eigenvalue weighted by molar-refractivity contribution is 7.89. The maximum absolute atomic E-state index is 13.3. The predicted molar refractivity (Wildman–Crippen MR) is 108 cm³/mol. The Morgan fingerprint density at radius 3 is 2.31 bits per heavy atom. The molecule has 1 aliphatic rings. The molecule has 29 heavy (non-hydrogen) atoms. The van der Waals surface area contributed by atoms with Crippen LogP contribution in [0.1, 0.15) is 42.4 Å². The SMILES string of the molecule is Cc1ccccc1C1CCN(S(=O)(=O)c2ccccc2C(C)(O)C(=O)NO)CC1. The molecule has 2 aromatic rings. The summed E-state index contributed by atoms with van der Waals surface area (Å²) in [7, 11) is -3.92. The summed E-state index contributed by atoms with van der Waals surface area (Å²) in [4.78, 5) is 11.8. The van der Waals surface area contributed by atoms with Crippen LogP contribution in [0.15, 0.2) is 53.4 Å². The maximum Gasteiger partial charge on any atom is 0.279 e. The number of nitrogens with zero attached hydrogens (tertiary/aromatic N) is 1. The second-order valence-corrected chi connectivity index (χ2v) is 9.45. The van der Waals surface area contributed by atoms with Crippen LogP contribution in [0, 0.1) is 6.92 Å². The van der Waals surface area contributed by atoms with Crippen molar-refractivity contribution < 1.29 is 23.5 Å². The van der Waals surface area contributed by atoms with Crippen molar-refractivity contribution in [3.05, 3.63) is 65.2 Å². The number of carbonyl (C=O) groups is 1. The molecule has 1 aliphatic heterocycles. The van der Waals surface area contributed by atoms with Gasteiger partial charge in [0.2, 0.25) is 10.0 Å². The van der Waals surface area contributed by atoms with E-state index in [2.05, 4.69) is 19.1 Å². The van der Waals surface area contributed by atoms with E-state index < -0.39 is 21.5 Å². The molecular weight excluding hydrogens is 392 g/mol. The maximum atomic E-state index is 13.3. The molecule has 0 bridgehead atoms. The average Bonchev–Trinajstić information content (AvgIpc) is 2.73. The van der Waals surface area contributed by atoms with Gasteiger partial charge in [0.15, 0.2) is 5.60 Å². The first-order valence-electron chi connectivity index (χ1n) is 9.51. The van der Waals surface area contributed by atoms with E-state index >= 15 is 0 Å². The topological polar surface area (TPSA) is 107 Å². The Morgan fingerprint density at radius 2 is 1.69 bits per heavy atom. The number of carbonyl (C=O) groups excluding carboxylic acids is 1. The van der Waals surface area contributed by atoms with Gasteiger partial charge in [-0.25, -0.2) is 13.9 Å². The van der Waals surface area contributed by atoms with Crippen LogP contribution < -0.4 is 5.48 Å². The molecule has 1 unspecified atom stereocenters. The van der Waals surface area contributed by atoms with E-state index in [1.54, 1.807) is 6.07 Å². The fourth-order valence-corrected chi connectivity index (χ4v) is 5.68. The van der Waals surface area contributed by atoms with Crippen molar-refractivity contribution in [2.24, 2.45) is 0 Å². The standard InChI is InChI=1S/C21H26N2O5S/c1-15-7-3-4-8-17(15)16-11-13-23(14-12-16)29(27,28)19-10-6-5-9-18(19)21(2,25)20(24)22-26/h3-10,16,25-26H,11-14H2,1-2H3,(H,22,24). The number of hydroxylamine groups is 1. The molecule has 0 radical (unpaired) electrons. The molecule has 3 rings (SSSR count). The van der Waals surface area contributed by atoms with Crippen molar-refractivity contribution in [3.8, 4) is 0 Å². The minimum atomic E-state index is -3.92. The molecule has 1 amide bonds. The lowest BCUT2D eigenvalue weighted by Gasteiger charge is -2.33. The molecule has 8 heteroatoms. The van der Waals surface area contributed by atoms with Gasteiger partial charge in [-0.3, -0.25) is 10.0 Å². The third kappa shape index (κ3) is 4.06. The number of piperidine rings is 1. The molecule has 1 saturated heterocycles. The largest absolute Gasteiger partial charge is 0.375 e. The van der Waals surface area contributed by atoms with Crippen molar-refractivity contribution in [3.63, 3.8) is 0 Å². The highest BCUT2D eigenvalue weighted by Crippen LogP contribution is 2.35. The van der Waals surface area contributed by atoms with Gasteiger partial charge in [-0.05, 0) is 49.8 Å². The minimum absolute atomic E-state index is 0.0763. The molecule has 1 heterocycles. The zero-order chi connectivity index (χ0) is 21.2. The number of rotatable bonds is 5. The number of aliphatic hydroxyl groups is 1. The Hall–Kier alpha value is -2.26. The quantitative estimate of drug-likeness (QED) is 0.510. The van der Waals surface area contributed by atoms with E-state index in [0.29, 0.717) is 31.8 Å². The molecule has 1 atom stereocenters. The summed E-state index contributed by atoms with van der Waals surface area (Å²) in [5.41, 5.74) is 1.56. The minimum Gasteiger partial charge on any atom is -0.375 e. The van der Waals surface area contributed by atoms with Crippen LogP contribution in [0.5, 0.6) is 0 Å². The number of benzene rings is 2. The first kappa shape index (κ1) is 21.4. The Kier molecular flexibility index (Phi) is 6.09.